The molecule has 1 aromatic rings. The molecule has 0 aromatic heterocycles. The fraction of sp³-hybridized carbons (Fsp3) is 0.538. The van der Waals surface area contributed by atoms with Crippen molar-refractivity contribution in [1.29, 1.82) is 0 Å². The fourth-order valence-electron chi connectivity index (χ4n) is 2.29. The van der Waals surface area contributed by atoms with Gasteiger partial charge in [0.1, 0.15) is 0 Å². The number of hydrogen-bond acceptors (Lipinski definition) is 2. The van der Waals surface area contributed by atoms with E-state index in [4.69, 9.17) is 17.3 Å². The predicted molar refractivity (Wildman–Crippen MR) is 76.0 cm³/mol. The lowest BCUT2D eigenvalue weighted by Gasteiger charge is -2.28. The van der Waals surface area contributed by atoms with Crippen molar-refractivity contribution in [1.82, 2.24) is 5.32 Å². The van der Waals surface area contributed by atoms with E-state index in [1.165, 1.54) is 5.56 Å². The van der Waals surface area contributed by atoms with E-state index >= 15 is 0 Å². The third-order valence-electron chi connectivity index (χ3n) is 3.47. The number of rotatable bonds is 2. The van der Waals surface area contributed by atoms with Gasteiger partial charge in [-0.2, -0.15) is 0 Å². The maximum absolute atomic E-state index is 6.30. The van der Waals surface area contributed by atoms with Crippen molar-refractivity contribution < 1.29 is 0 Å². The number of piperidine rings is 1. The first-order valence-corrected chi connectivity index (χ1v) is 6.28. The van der Waals surface area contributed by atoms with E-state index in [-0.39, 0.29) is 18.4 Å². The lowest BCUT2D eigenvalue weighted by atomic mass is 9.86. The van der Waals surface area contributed by atoms with Gasteiger partial charge in [-0.3, -0.25) is 0 Å². The van der Waals surface area contributed by atoms with Crippen LogP contribution in [0.1, 0.15) is 30.0 Å². The Morgan fingerprint density at radius 3 is 2.59 bits per heavy atom. The minimum absolute atomic E-state index is 0. The molecule has 0 amide bonds. The van der Waals surface area contributed by atoms with Crippen LogP contribution in [0.15, 0.2) is 18.2 Å². The van der Waals surface area contributed by atoms with Crippen LogP contribution in [0.2, 0.25) is 5.02 Å². The number of halogens is 2. The van der Waals surface area contributed by atoms with Gasteiger partial charge in [-0.05, 0) is 56.0 Å². The van der Waals surface area contributed by atoms with Crippen molar-refractivity contribution in [2.75, 3.05) is 13.1 Å². The van der Waals surface area contributed by atoms with E-state index in [0.717, 1.165) is 36.5 Å². The van der Waals surface area contributed by atoms with Crippen molar-refractivity contribution in [3.05, 3.63) is 34.3 Å². The molecule has 0 bridgehead atoms. The number of aryl methyl sites for hydroxylation is 1. The van der Waals surface area contributed by atoms with E-state index in [0.29, 0.717) is 5.92 Å². The molecule has 1 fully saturated rings. The second-order valence-corrected chi connectivity index (χ2v) is 5.03. The summed E-state index contributed by atoms with van der Waals surface area (Å²) in [6.07, 6.45) is 2.32. The Hall–Kier alpha value is -0.280. The fourth-order valence-corrected chi connectivity index (χ4v) is 2.48. The van der Waals surface area contributed by atoms with Gasteiger partial charge in [0.15, 0.2) is 0 Å². The molecule has 1 atom stereocenters. The highest BCUT2D eigenvalue weighted by Gasteiger charge is 2.21. The highest BCUT2D eigenvalue weighted by molar-refractivity contribution is 6.31. The van der Waals surface area contributed by atoms with Crippen molar-refractivity contribution in [2.45, 2.75) is 25.8 Å². The van der Waals surface area contributed by atoms with E-state index in [2.05, 4.69) is 17.4 Å². The van der Waals surface area contributed by atoms with Crippen LogP contribution in [0, 0.1) is 12.8 Å². The third kappa shape index (κ3) is 3.59. The van der Waals surface area contributed by atoms with Crippen molar-refractivity contribution in [2.24, 2.45) is 11.7 Å². The summed E-state index contributed by atoms with van der Waals surface area (Å²) in [7, 11) is 0. The summed E-state index contributed by atoms with van der Waals surface area (Å²) < 4.78 is 0. The molecule has 2 nitrogen and oxygen atoms in total. The van der Waals surface area contributed by atoms with Crippen LogP contribution >= 0.6 is 24.0 Å². The van der Waals surface area contributed by atoms with E-state index in [1.54, 1.807) is 0 Å². The normalized spacial score (nSPS) is 18.5. The van der Waals surface area contributed by atoms with Crippen LogP contribution in [-0.4, -0.2) is 13.1 Å². The Balaban J connectivity index is 0.00000144. The quantitative estimate of drug-likeness (QED) is 0.870. The maximum Gasteiger partial charge on any atom is 0.0438 e. The molecule has 0 aliphatic carbocycles. The van der Waals surface area contributed by atoms with E-state index in [1.807, 2.05) is 13.0 Å². The summed E-state index contributed by atoms with van der Waals surface area (Å²) in [6.45, 7) is 4.18. The van der Waals surface area contributed by atoms with Gasteiger partial charge in [0.2, 0.25) is 0 Å². The van der Waals surface area contributed by atoms with Crippen molar-refractivity contribution >= 4 is 24.0 Å². The first-order chi connectivity index (χ1) is 7.68. The molecule has 1 aliphatic rings. The molecule has 4 heteroatoms. The first-order valence-electron chi connectivity index (χ1n) is 5.91. The Kier molecular flexibility index (Phi) is 5.74. The number of hydrogen-bond donors (Lipinski definition) is 2. The molecule has 1 saturated heterocycles. The monoisotopic (exact) mass is 274 g/mol. The minimum Gasteiger partial charge on any atom is -0.324 e. The zero-order valence-corrected chi connectivity index (χ0v) is 11.7. The topological polar surface area (TPSA) is 38.0 Å². The molecule has 2 rings (SSSR count). The van der Waals surface area contributed by atoms with Gasteiger partial charge in [0.25, 0.3) is 0 Å². The summed E-state index contributed by atoms with van der Waals surface area (Å²) in [4.78, 5) is 0. The predicted octanol–water partition coefficient (Wildman–Crippen LogP) is 3.07. The van der Waals surface area contributed by atoms with E-state index < -0.39 is 0 Å². The molecule has 0 spiro atoms. The highest BCUT2D eigenvalue weighted by atomic mass is 35.5. The Bertz CT molecular complexity index is 362. The second-order valence-electron chi connectivity index (χ2n) is 4.62. The van der Waals surface area contributed by atoms with Gasteiger partial charge in [-0.15, -0.1) is 12.4 Å². The second kappa shape index (κ2) is 6.60. The van der Waals surface area contributed by atoms with Crippen LogP contribution in [-0.2, 0) is 0 Å². The van der Waals surface area contributed by atoms with Crippen LogP contribution in [0.5, 0.6) is 0 Å². The smallest absolute Gasteiger partial charge is 0.0438 e. The molecular weight excluding hydrogens is 255 g/mol. The molecule has 0 radical (unpaired) electrons. The lowest BCUT2D eigenvalue weighted by Crippen LogP contribution is -2.33. The van der Waals surface area contributed by atoms with Crippen LogP contribution in [0.4, 0.5) is 0 Å². The molecule has 1 aromatic carbocycles. The molecule has 17 heavy (non-hydrogen) atoms. The molecule has 1 aliphatic heterocycles. The minimum atomic E-state index is 0. The molecule has 3 N–H and O–H groups in total. The average molecular weight is 275 g/mol. The van der Waals surface area contributed by atoms with Crippen LogP contribution < -0.4 is 11.1 Å². The summed E-state index contributed by atoms with van der Waals surface area (Å²) >= 11 is 6.13. The number of benzene rings is 1. The van der Waals surface area contributed by atoms with Gasteiger partial charge in [-0.25, -0.2) is 0 Å². The molecular formula is C13H20Cl2N2. The number of nitrogens with two attached hydrogens (primary N) is 1. The highest BCUT2D eigenvalue weighted by Crippen LogP contribution is 2.29. The zero-order chi connectivity index (χ0) is 11.5. The van der Waals surface area contributed by atoms with Gasteiger partial charge < -0.3 is 11.1 Å². The van der Waals surface area contributed by atoms with Gasteiger partial charge in [0, 0.05) is 11.1 Å². The summed E-state index contributed by atoms with van der Waals surface area (Å²) in [5.41, 5.74) is 8.59. The summed E-state index contributed by atoms with van der Waals surface area (Å²) in [5, 5.41) is 4.18. The molecule has 1 heterocycles. The number of nitrogens with one attached hydrogen (secondary N) is 1. The Morgan fingerprint density at radius 2 is 2.00 bits per heavy atom. The lowest BCUT2D eigenvalue weighted by molar-refractivity contribution is 0.322. The standard InChI is InChI=1S/C13H19ClN2.ClH/c1-9-2-3-11(8-12(9)14)13(15)10-4-6-16-7-5-10;/h2-3,8,10,13,16H,4-7,15H2,1H3;1H/t13-;/m1./s1. The molecule has 0 unspecified atom stereocenters. The van der Waals surface area contributed by atoms with Crippen molar-refractivity contribution in [3.8, 4) is 0 Å². The summed E-state index contributed by atoms with van der Waals surface area (Å²) in [5.74, 6) is 0.583. The first kappa shape index (κ1) is 14.8. The van der Waals surface area contributed by atoms with Crippen LogP contribution in [0.3, 0.4) is 0 Å². The summed E-state index contributed by atoms with van der Waals surface area (Å²) in [6, 6.07) is 6.30. The average Bonchev–Trinajstić information content (AvgIpc) is 2.33. The third-order valence-corrected chi connectivity index (χ3v) is 3.88. The van der Waals surface area contributed by atoms with Crippen LogP contribution in [0.25, 0.3) is 0 Å². The molecule has 96 valence electrons. The largest absolute Gasteiger partial charge is 0.324 e. The SMILES string of the molecule is Cc1ccc([C@H](N)C2CCNCC2)cc1Cl.Cl. The maximum atomic E-state index is 6.30. The Morgan fingerprint density at radius 1 is 1.35 bits per heavy atom. The van der Waals surface area contributed by atoms with E-state index in [9.17, 15) is 0 Å². The van der Waals surface area contributed by atoms with Gasteiger partial charge in [0.05, 0.1) is 0 Å². The van der Waals surface area contributed by atoms with Gasteiger partial charge >= 0.3 is 0 Å². The molecule has 0 saturated carbocycles. The van der Waals surface area contributed by atoms with Gasteiger partial charge in [-0.1, -0.05) is 23.7 Å². The van der Waals surface area contributed by atoms with Crippen molar-refractivity contribution in [3.63, 3.8) is 0 Å². The zero-order valence-electron chi connectivity index (χ0n) is 10.1. The Labute approximate surface area is 114 Å².